The molecule has 48 heavy (non-hydrogen) atoms. The number of likely N-dealkylation sites (N-methyl/N-ethyl adjacent to an activating group) is 1. The van der Waals surface area contributed by atoms with Crippen molar-refractivity contribution in [2.24, 2.45) is 0 Å². The number of nitrogens with one attached hydrogen (secondary N) is 2. The first kappa shape index (κ1) is 34.1. The lowest BCUT2D eigenvalue weighted by Crippen LogP contribution is -2.38. The SMILES string of the molecule is CNC(=O)c1ncc(CCC(=O)NCC(=O)N(C)c2ccc(Cl)c(COc3cccc4c3nc(OC)n4Cc3ccccn3)c2Cl)cn1. The van der Waals surface area contributed by atoms with Crippen molar-refractivity contribution in [3.8, 4) is 11.8 Å². The number of carbonyl (C=O) groups is 3. The average molecular weight is 692 g/mol. The number of carbonyl (C=O) groups excluding carboxylic acids is 3. The zero-order valence-corrected chi connectivity index (χ0v) is 27.9. The Morgan fingerprint density at radius 2 is 1.79 bits per heavy atom. The molecule has 0 aliphatic carbocycles. The number of anilines is 1. The van der Waals surface area contributed by atoms with E-state index in [-0.39, 0.29) is 36.3 Å². The Morgan fingerprint density at radius 3 is 2.50 bits per heavy atom. The number of rotatable bonds is 13. The molecule has 3 aromatic heterocycles. The van der Waals surface area contributed by atoms with Crippen molar-refractivity contribution < 1.29 is 23.9 Å². The van der Waals surface area contributed by atoms with E-state index in [1.165, 1.54) is 24.3 Å². The monoisotopic (exact) mass is 690 g/mol. The number of halogens is 2. The molecule has 0 unspecified atom stereocenters. The van der Waals surface area contributed by atoms with Crippen molar-refractivity contribution in [3.63, 3.8) is 0 Å². The lowest BCUT2D eigenvalue weighted by molar-refractivity contribution is -0.124. The van der Waals surface area contributed by atoms with Gasteiger partial charge in [-0.05, 0) is 48.4 Å². The van der Waals surface area contributed by atoms with Gasteiger partial charge < -0.3 is 25.0 Å². The van der Waals surface area contributed by atoms with Gasteiger partial charge in [-0.3, -0.25) is 23.9 Å². The van der Waals surface area contributed by atoms with Crippen molar-refractivity contribution >= 4 is 57.6 Å². The maximum atomic E-state index is 13.0. The smallest absolute Gasteiger partial charge is 0.297 e. The summed E-state index contributed by atoms with van der Waals surface area (Å²) in [6, 6.07) is 14.9. The number of hydrogen-bond acceptors (Lipinski definition) is 9. The molecule has 0 saturated carbocycles. The number of fused-ring (bicyclic) bond motifs is 1. The van der Waals surface area contributed by atoms with E-state index in [2.05, 4.69) is 30.6 Å². The molecule has 2 N–H and O–H groups in total. The molecule has 5 rings (SSSR count). The van der Waals surface area contributed by atoms with Crippen LogP contribution in [-0.4, -0.2) is 70.0 Å². The molecule has 0 spiro atoms. The van der Waals surface area contributed by atoms with Crippen LogP contribution in [0.5, 0.6) is 11.8 Å². The minimum atomic E-state index is -0.401. The number of ether oxygens (including phenoxy) is 2. The summed E-state index contributed by atoms with van der Waals surface area (Å²) >= 11 is 13.3. The number of methoxy groups -OCH3 is 1. The fourth-order valence-corrected chi connectivity index (χ4v) is 5.40. The van der Waals surface area contributed by atoms with Gasteiger partial charge in [0.25, 0.3) is 11.9 Å². The highest BCUT2D eigenvalue weighted by atomic mass is 35.5. The molecule has 3 heterocycles. The van der Waals surface area contributed by atoms with Crippen molar-refractivity contribution in [2.45, 2.75) is 26.0 Å². The van der Waals surface area contributed by atoms with E-state index in [0.717, 1.165) is 11.2 Å². The normalized spacial score (nSPS) is 10.9. The quantitative estimate of drug-likeness (QED) is 0.185. The number of nitrogens with zero attached hydrogens (tertiary/aromatic N) is 6. The Balaban J connectivity index is 1.22. The number of amides is 3. The second-order valence-electron chi connectivity index (χ2n) is 10.5. The molecular weight excluding hydrogens is 659 g/mol. The summed E-state index contributed by atoms with van der Waals surface area (Å²) in [4.78, 5) is 55.4. The molecule has 5 aromatic rings. The fourth-order valence-electron chi connectivity index (χ4n) is 4.79. The summed E-state index contributed by atoms with van der Waals surface area (Å²) < 4.78 is 13.6. The number of pyridine rings is 1. The third-order valence-electron chi connectivity index (χ3n) is 7.42. The second-order valence-corrected chi connectivity index (χ2v) is 11.3. The van der Waals surface area contributed by atoms with Gasteiger partial charge in [0.1, 0.15) is 17.9 Å². The fraction of sp³-hybridized carbons (Fsp3) is 0.242. The average Bonchev–Trinajstić information content (AvgIpc) is 3.47. The summed E-state index contributed by atoms with van der Waals surface area (Å²) in [5.74, 6) is -0.604. The summed E-state index contributed by atoms with van der Waals surface area (Å²) in [7, 11) is 4.60. The molecule has 3 amide bonds. The van der Waals surface area contributed by atoms with E-state index in [4.69, 9.17) is 32.7 Å². The minimum Gasteiger partial charge on any atom is -0.486 e. The van der Waals surface area contributed by atoms with E-state index < -0.39 is 11.8 Å². The van der Waals surface area contributed by atoms with Crippen LogP contribution in [0.25, 0.3) is 11.0 Å². The van der Waals surface area contributed by atoms with E-state index in [1.54, 1.807) is 38.6 Å². The number of aromatic nitrogens is 5. The van der Waals surface area contributed by atoms with Gasteiger partial charge in [0.2, 0.25) is 17.6 Å². The number of benzene rings is 2. The highest BCUT2D eigenvalue weighted by Gasteiger charge is 2.21. The molecule has 0 saturated heterocycles. The molecule has 0 radical (unpaired) electrons. The molecule has 0 aliphatic heterocycles. The van der Waals surface area contributed by atoms with E-state index in [1.807, 2.05) is 34.9 Å². The predicted molar refractivity (Wildman–Crippen MR) is 181 cm³/mol. The lowest BCUT2D eigenvalue weighted by Gasteiger charge is -2.21. The minimum absolute atomic E-state index is 0.00733. The van der Waals surface area contributed by atoms with Gasteiger partial charge in [-0.15, -0.1) is 0 Å². The molecular formula is C33H32Cl2N8O5. The molecule has 0 aliphatic rings. The maximum Gasteiger partial charge on any atom is 0.297 e. The van der Waals surface area contributed by atoms with Gasteiger partial charge in [-0.25, -0.2) is 9.97 Å². The third-order valence-corrected chi connectivity index (χ3v) is 8.20. The van der Waals surface area contributed by atoms with Crippen molar-refractivity contribution in [1.29, 1.82) is 0 Å². The Morgan fingerprint density at radius 1 is 1.00 bits per heavy atom. The molecule has 0 atom stereocenters. The summed E-state index contributed by atoms with van der Waals surface area (Å²) in [6.45, 7) is 0.192. The maximum absolute atomic E-state index is 13.0. The van der Waals surface area contributed by atoms with Crippen LogP contribution in [0.15, 0.2) is 67.1 Å². The van der Waals surface area contributed by atoms with Crippen LogP contribution in [0, 0.1) is 0 Å². The summed E-state index contributed by atoms with van der Waals surface area (Å²) in [5.41, 5.74) is 3.77. The van der Waals surface area contributed by atoms with Gasteiger partial charge in [-0.1, -0.05) is 35.3 Å². The third kappa shape index (κ3) is 7.81. The Bertz CT molecular complexity index is 1940. The molecule has 0 fully saturated rings. The van der Waals surface area contributed by atoms with E-state index in [0.29, 0.717) is 52.1 Å². The predicted octanol–water partition coefficient (Wildman–Crippen LogP) is 4.24. The van der Waals surface area contributed by atoms with Crippen LogP contribution in [0.4, 0.5) is 5.69 Å². The van der Waals surface area contributed by atoms with Crippen LogP contribution in [-0.2, 0) is 29.2 Å². The first-order chi connectivity index (χ1) is 23.2. The molecule has 13 nitrogen and oxygen atoms in total. The number of imidazole rings is 1. The first-order valence-corrected chi connectivity index (χ1v) is 15.5. The zero-order valence-electron chi connectivity index (χ0n) is 26.4. The first-order valence-electron chi connectivity index (χ1n) is 14.8. The molecule has 0 bridgehead atoms. The lowest BCUT2D eigenvalue weighted by atomic mass is 10.2. The van der Waals surface area contributed by atoms with Gasteiger partial charge in [-0.2, -0.15) is 4.98 Å². The number of aryl methyl sites for hydroxylation is 1. The molecule has 2 aromatic carbocycles. The molecule has 248 valence electrons. The van der Waals surface area contributed by atoms with Crippen molar-refractivity contribution in [3.05, 3.63) is 99.8 Å². The standard InChI is InChI=1S/C33H32Cl2N8O5/c1-36-32(46)31-39-15-20(16-40-31)10-13-27(44)38-17-28(45)42(2)24-12-11-23(34)22(29(24)35)19-48-26-9-6-8-25-30(26)41-33(47-3)43(25)18-21-7-4-5-14-37-21/h4-9,11-12,14-16H,10,13,17-19H2,1-3H3,(H,36,46)(H,38,44). The zero-order chi connectivity index (χ0) is 34.2. The van der Waals surface area contributed by atoms with Crippen LogP contribution in [0.3, 0.4) is 0 Å². The van der Waals surface area contributed by atoms with Gasteiger partial charge in [0.15, 0.2) is 0 Å². The van der Waals surface area contributed by atoms with Crippen LogP contribution < -0.4 is 25.0 Å². The topological polar surface area (TPSA) is 153 Å². The van der Waals surface area contributed by atoms with Crippen molar-refractivity contribution in [2.75, 3.05) is 32.6 Å². The van der Waals surface area contributed by atoms with Crippen LogP contribution in [0.2, 0.25) is 10.0 Å². The Kier molecular flexibility index (Phi) is 11.0. The highest BCUT2D eigenvalue weighted by Crippen LogP contribution is 2.36. The Hall–Kier alpha value is -5.27. The van der Waals surface area contributed by atoms with Gasteiger partial charge in [0, 0.05) is 49.7 Å². The van der Waals surface area contributed by atoms with E-state index in [9.17, 15) is 14.4 Å². The van der Waals surface area contributed by atoms with Gasteiger partial charge >= 0.3 is 0 Å². The second kappa shape index (κ2) is 15.5. The highest BCUT2D eigenvalue weighted by molar-refractivity contribution is 6.38. The number of hydrogen-bond donors (Lipinski definition) is 2. The Labute approximate surface area is 286 Å². The van der Waals surface area contributed by atoms with E-state index >= 15 is 0 Å². The van der Waals surface area contributed by atoms with Crippen LogP contribution in [0.1, 0.15) is 33.9 Å². The summed E-state index contributed by atoms with van der Waals surface area (Å²) in [6.07, 6.45) is 5.14. The number of para-hydroxylation sites is 1. The largest absolute Gasteiger partial charge is 0.486 e. The van der Waals surface area contributed by atoms with Gasteiger partial charge in [0.05, 0.1) is 42.1 Å². The summed E-state index contributed by atoms with van der Waals surface area (Å²) in [5, 5.41) is 5.66. The molecule has 15 heteroatoms. The van der Waals surface area contributed by atoms with Crippen LogP contribution >= 0.6 is 23.2 Å². The van der Waals surface area contributed by atoms with Crippen molar-refractivity contribution in [1.82, 2.24) is 35.1 Å².